The molecule has 0 bridgehead atoms. The predicted octanol–water partition coefficient (Wildman–Crippen LogP) is 4.55. The van der Waals surface area contributed by atoms with Crippen LogP contribution in [0.5, 0.6) is 17.2 Å². The van der Waals surface area contributed by atoms with Gasteiger partial charge in [-0.1, -0.05) is 5.16 Å². The van der Waals surface area contributed by atoms with E-state index in [0.717, 1.165) is 18.5 Å². The van der Waals surface area contributed by atoms with Crippen LogP contribution in [0.2, 0.25) is 0 Å². The van der Waals surface area contributed by atoms with Crippen molar-refractivity contribution < 1.29 is 31.5 Å². The average molecular weight is 573 g/mol. The normalized spacial score (nSPS) is 17.3. The first-order valence-electron chi connectivity index (χ1n) is 12.8. The fraction of sp³-hybridized carbons (Fsp3) is 0.385. The molecule has 0 radical (unpaired) electrons. The third-order valence-electron chi connectivity index (χ3n) is 7.11. The lowest BCUT2D eigenvalue weighted by molar-refractivity contribution is 0.363. The van der Waals surface area contributed by atoms with E-state index in [9.17, 15) is 12.8 Å². The van der Waals surface area contributed by atoms with Gasteiger partial charge in [0.2, 0.25) is 0 Å². The van der Waals surface area contributed by atoms with Crippen LogP contribution in [-0.2, 0) is 10.0 Å². The number of hydrogen-bond donors (Lipinski definition) is 3. The molecule has 1 atom stereocenters. The van der Waals surface area contributed by atoms with Crippen LogP contribution in [-0.4, -0.2) is 64.4 Å². The number of fused-ring (bicyclic) bond motifs is 1. The lowest BCUT2D eigenvalue weighted by Crippen LogP contribution is -2.21. The van der Waals surface area contributed by atoms with Crippen LogP contribution in [0.15, 0.2) is 39.8 Å². The zero-order chi connectivity index (χ0) is 28.0. The number of methoxy groups -OCH3 is 3. The van der Waals surface area contributed by atoms with Gasteiger partial charge < -0.3 is 29.0 Å². The molecule has 4 aromatic rings. The van der Waals surface area contributed by atoms with Crippen LogP contribution >= 0.6 is 0 Å². The summed E-state index contributed by atoms with van der Waals surface area (Å²) in [7, 11) is -0.0511. The minimum absolute atomic E-state index is 0.0383. The Hall–Kier alpha value is -4.20. The van der Waals surface area contributed by atoms with Crippen molar-refractivity contribution in [3.8, 4) is 17.2 Å². The maximum Gasteiger partial charge on any atom is 0.270 e. The molecule has 3 N–H and O–H groups in total. The summed E-state index contributed by atoms with van der Waals surface area (Å²) in [5, 5.41) is 14.9. The molecule has 1 aliphatic heterocycles. The largest absolute Gasteiger partial charge is 0.495 e. The number of H-pyrrole nitrogens is 1. The summed E-state index contributed by atoms with van der Waals surface area (Å²) in [6.07, 6.45) is 1.74. The second kappa shape index (κ2) is 10.1. The molecule has 0 spiro atoms. The number of anilines is 4. The minimum Gasteiger partial charge on any atom is -0.495 e. The van der Waals surface area contributed by atoms with E-state index in [1.54, 1.807) is 24.3 Å². The fourth-order valence-electron chi connectivity index (χ4n) is 4.89. The maximum absolute atomic E-state index is 13.8. The number of aromatic amines is 1. The molecule has 12 nitrogen and oxygen atoms in total. The van der Waals surface area contributed by atoms with Gasteiger partial charge in [-0.2, -0.15) is 5.10 Å². The maximum atomic E-state index is 13.8. The molecular formula is C26H29FN6O6S. The van der Waals surface area contributed by atoms with Crippen LogP contribution < -0.4 is 29.1 Å². The second-order valence-corrected chi connectivity index (χ2v) is 11.4. The molecular weight excluding hydrogens is 543 g/mol. The Bertz CT molecular complexity index is 1640. The van der Waals surface area contributed by atoms with Crippen LogP contribution in [0, 0.1) is 0 Å². The van der Waals surface area contributed by atoms with E-state index in [4.69, 9.17) is 18.7 Å². The van der Waals surface area contributed by atoms with Gasteiger partial charge in [0.15, 0.2) is 22.1 Å². The average Bonchev–Trinajstić information content (AvgIpc) is 3.34. The summed E-state index contributed by atoms with van der Waals surface area (Å²) in [5.41, 5.74) is 2.57. The number of halogens is 1. The van der Waals surface area contributed by atoms with Crippen molar-refractivity contribution in [2.24, 2.45) is 0 Å². The van der Waals surface area contributed by atoms with Gasteiger partial charge >= 0.3 is 0 Å². The molecule has 0 unspecified atom stereocenters. The van der Waals surface area contributed by atoms with Gasteiger partial charge in [0.1, 0.15) is 23.4 Å². The lowest BCUT2D eigenvalue weighted by Gasteiger charge is -2.21. The van der Waals surface area contributed by atoms with E-state index >= 15 is 0 Å². The summed E-state index contributed by atoms with van der Waals surface area (Å²) in [6.45, 7) is 0.714. The van der Waals surface area contributed by atoms with Crippen molar-refractivity contribution in [2.75, 3.05) is 49.4 Å². The monoisotopic (exact) mass is 572 g/mol. The molecule has 2 aromatic carbocycles. The Kier molecular flexibility index (Phi) is 6.56. The summed E-state index contributed by atoms with van der Waals surface area (Å²) in [6, 6.07) is 8.35. The van der Waals surface area contributed by atoms with Crippen molar-refractivity contribution in [1.82, 2.24) is 15.4 Å². The quantitative estimate of drug-likeness (QED) is 0.248. The summed E-state index contributed by atoms with van der Waals surface area (Å²) in [4.78, 5) is 1.60. The van der Waals surface area contributed by atoms with E-state index in [0.29, 0.717) is 52.8 Å². The topological polar surface area (TPSA) is 144 Å². The van der Waals surface area contributed by atoms with Crippen molar-refractivity contribution in [1.29, 1.82) is 0 Å². The SMILES string of the molecule is COc1cc2c(NS(=O)(=O)c3c(OC)cc(N4CC[C@@H](F)C4)cc3OC)noc2cc1Nc1cc(C2CC2)[nH]n1. The number of nitrogens with one attached hydrogen (secondary N) is 3. The number of alkyl halides is 1. The highest BCUT2D eigenvalue weighted by Gasteiger charge is 2.31. The van der Waals surface area contributed by atoms with Gasteiger partial charge in [0.25, 0.3) is 10.0 Å². The predicted molar refractivity (Wildman–Crippen MR) is 146 cm³/mol. The van der Waals surface area contributed by atoms with Crippen LogP contribution in [0.3, 0.4) is 0 Å². The number of sulfonamides is 1. The van der Waals surface area contributed by atoms with Crippen LogP contribution in [0.25, 0.3) is 11.0 Å². The number of hydrogen-bond acceptors (Lipinski definition) is 10. The van der Waals surface area contributed by atoms with Crippen molar-refractivity contribution in [2.45, 2.75) is 36.2 Å². The molecule has 0 amide bonds. The smallest absolute Gasteiger partial charge is 0.270 e. The zero-order valence-corrected chi connectivity index (χ0v) is 23.0. The highest BCUT2D eigenvalue weighted by Crippen LogP contribution is 2.42. The Labute approximate surface area is 229 Å². The van der Waals surface area contributed by atoms with Crippen LogP contribution in [0.1, 0.15) is 30.9 Å². The number of rotatable bonds is 10. The number of benzene rings is 2. The Balaban J connectivity index is 1.31. The van der Waals surface area contributed by atoms with Gasteiger partial charge in [0.05, 0.1) is 32.4 Å². The molecule has 6 rings (SSSR count). The Morgan fingerprint density at radius 1 is 1.02 bits per heavy atom. The van der Waals surface area contributed by atoms with E-state index in [1.165, 1.54) is 21.3 Å². The Morgan fingerprint density at radius 3 is 2.38 bits per heavy atom. The first kappa shape index (κ1) is 26.0. The first-order chi connectivity index (χ1) is 19.3. The summed E-state index contributed by atoms with van der Waals surface area (Å²) in [5.74, 6) is 1.63. The van der Waals surface area contributed by atoms with Crippen molar-refractivity contribution in [3.63, 3.8) is 0 Å². The molecule has 14 heteroatoms. The van der Waals surface area contributed by atoms with Gasteiger partial charge in [0, 0.05) is 54.7 Å². The van der Waals surface area contributed by atoms with Gasteiger partial charge in [-0.05, 0) is 25.3 Å². The zero-order valence-electron chi connectivity index (χ0n) is 22.2. The summed E-state index contributed by atoms with van der Waals surface area (Å²) < 4.78 is 65.5. The van der Waals surface area contributed by atoms with Gasteiger partial charge in [-0.3, -0.25) is 9.82 Å². The molecule has 40 heavy (non-hydrogen) atoms. The first-order valence-corrected chi connectivity index (χ1v) is 14.3. The third kappa shape index (κ3) is 4.83. The number of nitrogens with zero attached hydrogens (tertiary/aromatic N) is 3. The highest BCUT2D eigenvalue weighted by molar-refractivity contribution is 7.93. The van der Waals surface area contributed by atoms with E-state index in [2.05, 4.69) is 25.4 Å². The molecule has 1 saturated heterocycles. The molecule has 1 aliphatic carbocycles. The van der Waals surface area contributed by atoms with E-state index < -0.39 is 16.2 Å². The molecule has 212 valence electrons. The second-order valence-electron chi connectivity index (χ2n) is 9.80. The highest BCUT2D eigenvalue weighted by atomic mass is 32.2. The summed E-state index contributed by atoms with van der Waals surface area (Å²) >= 11 is 0. The fourth-order valence-corrected chi connectivity index (χ4v) is 6.21. The number of aromatic nitrogens is 3. The van der Waals surface area contributed by atoms with Gasteiger partial charge in [-0.25, -0.2) is 12.8 Å². The lowest BCUT2D eigenvalue weighted by atomic mass is 10.2. The molecule has 2 aliphatic rings. The molecule has 3 heterocycles. The van der Waals surface area contributed by atoms with E-state index in [1.807, 2.05) is 11.0 Å². The molecule has 2 aromatic heterocycles. The van der Waals surface area contributed by atoms with Crippen molar-refractivity contribution >= 4 is 44.0 Å². The Morgan fingerprint density at radius 2 is 1.75 bits per heavy atom. The van der Waals surface area contributed by atoms with Crippen molar-refractivity contribution in [3.05, 3.63) is 36.0 Å². The molecule has 2 fully saturated rings. The standard InChI is InChI=1S/C26H29FN6O6S/c1-36-21-10-17-20(11-19(21)28-24-12-18(29-30-24)14-4-5-14)39-31-26(17)32-40(34,35)25-22(37-2)8-16(9-23(25)38-3)33-7-6-15(27)13-33/h8-12,14-15H,4-7,13H2,1-3H3,(H,31,32)(H2,28,29,30)/t15-/m1/s1. The molecule has 1 saturated carbocycles. The van der Waals surface area contributed by atoms with Gasteiger partial charge in [-0.15, -0.1) is 0 Å². The van der Waals surface area contributed by atoms with E-state index in [-0.39, 0.29) is 28.8 Å². The minimum atomic E-state index is -4.27. The number of ether oxygens (including phenoxy) is 3. The third-order valence-corrected chi connectivity index (χ3v) is 8.51. The van der Waals surface area contributed by atoms with Crippen LogP contribution in [0.4, 0.5) is 27.4 Å².